The third-order valence-electron chi connectivity index (χ3n) is 0.748. The molecular formula is H6O12P4. The third-order valence-corrected chi connectivity index (χ3v) is 7.39. The summed E-state index contributed by atoms with van der Waals surface area (Å²) in [6.45, 7) is 0. The van der Waals surface area contributed by atoms with Crippen molar-refractivity contribution in [2.75, 3.05) is 0 Å². The molecule has 0 aliphatic rings. The molecule has 0 aliphatic carbocycles. The molecule has 0 aromatic carbocycles. The topological polar surface area (TPSA) is 208 Å². The molecule has 16 heavy (non-hydrogen) atoms. The Morgan fingerprint density at radius 3 is 1.31 bits per heavy atom. The summed E-state index contributed by atoms with van der Waals surface area (Å²) in [5, 5.41) is 0. The second-order valence-electron chi connectivity index (χ2n) is 2.13. The van der Waals surface area contributed by atoms with Crippen LogP contribution in [0.5, 0.6) is 0 Å². The molecule has 6 N–H and O–H groups in total. The van der Waals surface area contributed by atoms with Crippen LogP contribution in [0.4, 0.5) is 0 Å². The minimum Gasteiger partial charge on any atom is -0.316 e. The van der Waals surface area contributed by atoms with E-state index in [1.54, 1.807) is 0 Å². The van der Waals surface area contributed by atoms with Crippen molar-refractivity contribution in [3.63, 3.8) is 0 Å². The van der Waals surface area contributed by atoms with Crippen LogP contribution in [0.3, 0.4) is 0 Å². The molecule has 0 aliphatic heterocycles. The quantitative estimate of drug-likeness (QED) is 0.353. The maximum absolute atomic E-state index is 10.6. The summed E-state index contributed by atoms with van der Waals surface area (Å²) in [4.78, 5) is 49.5. The number of phosphoric acid groups is 2. The van der Waals surface area contributed by atoms with Gasteiger partial charge in [-0.05, 0) is 0 Å². The molecule has 0 aromatic heterocycles. The molecule has 98 valence electrons. The zero-order chi connectivity index (χ0) is 13.4. The van der Waals surface area contributed by atoms with Crippen molar-refractivity contribution in [1.82, 2.24) is 0 Å². The molecule has 0 radical (unpaired) electrons. The van der Waals surface area contributed by atoms with Crippen LogP contribution in [0.15, 0.2) is 0 Å². The lowest BCUT2D eigenvalue weighted by Crippen LogP contribution is -1.93. The molecule has 2 unspecified atom stereocenters. The zero-order valence-corrected chi connectivity index (χ0v) is 10.5. The van der Waals surface area contributed by atoms with E-state index in [0.717, 1.165) is 0 Å². The second-order valence-corrected chi connectivity index (χ2v) is 10.4. The fourth-order valence-electron chi connectivity index (χ4n) is 0.331. The van der Waals surface area contributed by atoms with Crippen molar-refractivity contribution in [3.8, 4) is 0 Å². The maximum atomic E-state index is 10.6. The van der Waals surface area contributed by atoms with Gasteiger partial charge in [-0.1, -0.05) is 0 Å². The summed E-state index contributed by atoms with van der Waals surface area (Å²) in [5.41, 5.74) is 0. The predicted molar refractivity (Wildman–Crippen MR) is 45.9 cm³/mol. The first-order chi connectivity index (χ1) is 6.66. The van der Waals surface area contributed by atoms with Crippen LogP contribution in [-0.4, -0.2) is 29.4 Å². The van der Waals surface area contributed by atoms with E-state index in [-0.39, 0.29) is 0 Å². The van der Waals surface area contributed by atoms with Gasteiger partial charge in [0.2, 0.25) is 0 Å². The van der Waals surface area contributed by atoms with E-state index in [9.17, 15) is 18.3 Å². The molecule has 0 heterocycles. The van der Waals surface area contributed by atoms with Gasteiger partial charge in [0.05, 0.1) is 0 Å². The predicted octanol–water partition coefficient (Wildman–Crippen LogP) is -0.509. The minimum absolute atomic E-state index is 3.04. The van der Waals surface area contributed by atoms with E-state index >= 15 is 0 Å². The lowest BCUT2D eigenvalue weighted by molar-refractivity contribution is 0.222. The lowest BCUT2D eigenvalue weighted by Gasteiger charge is -2.16. The Hall–Kier alpha value is 0.600. The molecule has 0 amide bonds. The Balaban J connectivity index is 5.02. The van der Waals surface area contributed by atoms with Crippen LogP contribution >= 0.6 is 30.2 Å². The van der Waals surface area contributed by atoms with Gasteiger partial charge >= 0.3 is 30.2 Å². The molecule has 0 saturated carbocycles. The summed E-state index contributed by atoms with van der Waals surface area (Å²) < 4.78 is 47.8. The zero-order valence-electron chi connectivity index (χ0n) is 6.92. The van der Waals surface area contributed by atoms with Gasteiger partial charge in [-0.3, -0.25) is 0 Å². The monoisotopic (exact) mass is 322 g/mol. The summed E-state index contributed by atoms with van der Waals surface area (Å²) in [6, 6.07) is 0. The van der Waals surface area contributed by atoms with Crippen LogP contribution in [0.25, 0.3) is 0 Å². The van der Waals surface area contributed by atoms with Crippen molar-refractivity contribution in [2.24, 2.45) is 0 Å². The van der Waals surface area contributed by atoms with Gasteiger partial charge in [-0.15, -0.1) is 0 Å². The highest BCUT2D eigenvalue weighted by molar-refractivity contribution is 8.27. The fourth-order valence-corrected chi connectivity index (χ4v) is 4.94. The normalized spacial score (nSPS) is 21.1. The molecular weight excluding hydrogens is 316 g/mol. The lowest BCUT2D eigenvalue weighted by atomic mass is 15.7. The van der Waals surface area contributed by atoms with Crippen molar-refractivity contribution < 1.29 is 56.2 Å². The largest absolute Gasteiger partial charge is 0.488 e. The molecule has 12 nitrogen and oxygen atoms in total. The van der Waals surface area contributed by atoms with Crippen LogP contribution < -0.4 is 0 Å². The van der Waals surface area contributed by atoms with Crippen molar-refractivity contribution in [1.29, 1.82) is 0 Å². The van der Waals surface area contributed by atoms with Gasteiger partial charge < -0.3 is 29.4 Å². The van der Waals surface area contributed by atoms with E-state index < -0.39 is 30.2 Å². The van der Waals surface area contributed by atoms with Gasteiger partial charge in [0, 0.05) is 0 Å². The summed E-state index contributed by atoms with van der Waals surface area (Å²) in [5.74, 6) is 0. The Bertz CT molecular complexity index is 430. The number of rotatable bonds is 5. The van der Waals surface area contributed by atoms with Crippen molar-refractivity contribution in [3.05, 3.63) is 0 Å². The Kier molecular flexibility index (Phi) is 4.88. The highest BCUT2D eigenvalue weighted by atomic mass is 32.1. The van der Waals surface area contributed by atoms with Crippen LogP contribution in [0.1, 0.15) is 0 Å². The Labute approximate surface area is 87.3 Å². The van der Waals surface area contributed by atoms with Gasteiger partial charge in [0.1, 0.15) is 0 Å². The summed E-state index contributed by atoms with van der Waals surface area (Å²) in [7, 11) is -23.1. The van der Waals surface area contributed by atoms with E-state index in [0.29, 0.717) is 0 Å². The van der Waals surface area contributed by atoms with Crippen LogP contribution in [-0.2, 0) is 26.9 Å². The second kappa shape index (κ2) is 4.70. The van der Waals surface area contributed by atoms with E-state index in [4.69, 9.17) is 29.4 Å². The summed E-state index contributed by atoms with van der Waals surface area (Å²) in [6.07, 6.45) is 0. The van der Waals surface area contributed by atoms with Crippen molar-refractivity contribution >= 4 is 30.2 Å². The maximum Gasteiger partial charge on any atom is 0.488 e. The van der Waals surface area contributed by atoms with Gasteiger partial charge in [0.15, 0.2) is 0 Å². The molecule has 16 heteroatoms. The van der Waals surface area contributed by atoms with E-state index in [2.05, 4.69) is 8.62 Å². The van der Waals surface area contributed by atoms with Gasteiger partial charge in [0.25, 0.3) is 0 Å². The van der Waals surface area contributed by atoms with E-state index in [1.807, 2.05) is 0 Å². The summed E-state index contributed by atoms with van der Waals surface area (Å²) >= 11 is 0. The molecule has 0 saturated heterocycles. The molecule has 2 atom stereocenters. The Morgan fingerprint density at radius 1 is 0.688 bits per heavy atom. The highest BCUT2D eigenvalue weighted by Crippen LogP contribution is 2.81. The van der Waals surface area contributed by atoms with Gasteiger partial charge in [-0.25, -0.2) is 18.3 Å². The standard InChI is InChI=1S/H6O12P4/c1-13(2,3)11-15(7,8)12-16(9,10)14(4,5)6/h(H,7,8)(H,9,10)(H2,1,2,3)(H2,4,5,6). The first kappa shape index (κ1) is 16.6. The van der Waals surface area contributed by atoms with Crippen LogP contribution in [0, 0.1) is 0 Å². The highest BCUT2D eigenvalue weighted by Gasteiger charge is 2.50. The third kappa shape index (κ3) is 5.79. The SMILES string of the molecule is O=P(O)(O)OP(=O)(O)OP(=O)(O)P(=O)(O)O. The van der Waals surface area contributed by atoms with Crippen LogP contribution in [0.2, 0.25) is 0 Å². The number of hydrogen-bond donors (Lipinski definition) is 6. The molecule has 0 fully saturated rings. The average molecular weight is 322 g/mol. The molecule has 0 rings (SSSR count). The minimum atomic E-state index is -5.90. The molecule has 0 aromatic rings. The smallest absolute Gasteiger partial charge is 0.316 e. The van der Waals surface area contributed by atoms with Crippen molar-refractivity contribution in [2.45, 2.75) is 0 Å². The fraction of sp³-hybridized carbons (Fsp3) is 0. The van der Waals surface area contributed by atoms with E-state index in [1.165, 1.54) is 0 Å². The molecule has 0 spiro atoms. The number of hydrogen-bond acceptors (Lipinski definition) is 6. The Morgan fingerprint density at radius 2 is 1.06 bits per heavy atom. The average Bonchev–Trinajstić information content (AvgIpc) is 1.72. The molecule has 0 bridgehead atoms. The van der Waals surface area contributed by atoms with Gasteiger partial charge in [-0.2, -0.15) is 8.62 Å². The first-order valence-corrected chi connectivity index (χ1v) is 9.78. The first-order valence-electron chi connectivity index (χ1n) is 2.86.